The number of esters is 1. The van der Waals surface area contributed by atoms with E-state index in [1.165, 1.54) is 20.0 Å². The Morgan fingerprint density at radius 3 is 2.44 bits per heavy atom. The van der Waals surface area contributed by atoms with Gasteiger partial charge in [-0.3, -0.25) is 4.99 Å². The van der Waals surface area contributed by atoms with Crippen LogP contribution in [-0.4, -0.2) is 46.6 Å². The quantitative estimate of drug-likeness (QED) is 0.573. The van der Waals surface area contributed by atoms with E-state index in [2.05, 4.69) is 9.89 Å². The molecule has 2 aromatic rings. The Bertz CT molecular complexity index is 842. The molecular formula is C21H24N2O4. The van der Waals surface area contributed by atoms with E-state index >= 15 is 0 Å². The molecule has 6 nitrogen and oxygen atoms in total. The molecule has 0 spiro atoms. The van der Waals surface area contributed by atoms with Crippen molar-refractivity contribution in [3.8, 4) is 11.5 Å². The van der Waals surface area contributed by atoms with Crippen molar-refractivity contribution < 1.29 is 19.0 Å². The van der Waals surface area contributed by atoms with Gasteiger partial charge in [0.2, 0.25) is 0 Å². The minimum absolute atomic E-state index is 0.388. The fraction of sp³-hybridized carbons (Fsp3) is 0.333. The summed E-state index contributed by atoms with van der Waals surface area (Å²) in [5.41, 5.74) is 2.96. The summed E-state index contributed by atoms with van der Waals surface area (Å²) in [5.74, 6) is 1.13. The topological polar surface area (TPSA) is 60.4 Å². The van der Waals surface area contributed by atoms with Crippen LogP contribution >= 0.6 is 0 Å². The first-order valence-corrected chi connectivity index (χ1v) is 8.89. The molecule has 2 aromatic carbocycles. The highest BCUT2D eigenvalue weighted by molar-refractivity contribution is 5.91. The Morgan fingerprint density at radius 1 is 1.04 bits per heavy atom. The standard InChI is InChI=1S/C21H24N2O4/c1-25-19-13-18(23-9-4-5-10-23)20(26-2)12-16(19)14-22-17-8-6-7-15(11-17)21(24)27-3/h6-8,11-14H,4-5,9-10H2,1-3H3. The molecule has 0 saturated carbocycles. The van der Waals surface area contributed by atoms with Crippen LogP contribution in [-0.2, 0) is 4.74 Å². The number of hydrogen-bond acceptors (Lipinski definition) is 6. The summed E-state index contributed by atoms with van der Waals surface area (Å²) < 4.78 is 15.9. The fourth-order valence-electron chi connectivity index (χ4n) is 3.19. The lowest BCUT2D eigenvalue weighted by Crippen LogP contribution is -2.18. The Labute approximate surface area is 159 Å². The molecule has 0 atom stereocenters. The van der Waals surface area contributed by atoms with Gasteiger partial charge in [-0.25, -0.2) is 4.79 Å². The molecule has 0 bridgehead atoms. The maximum atomic E-state index is 11.7. The second-order valence-electron chi connectivity index (χ2n) is 6.26. The fourth-order valence-corrected chi connectivity index (χ4v) is 3.19. The summed E-state index contributed by atoms with van der Waals surface area (Å²) in [4.78, 5) is 18.5. The molecule has 1 heterocycles. The first-order valence-electron chi connectivity index (χ1n) is 8.89. The second kappa shape index (κ2) is 8.58. The predicted molar refractivity (Wildman–Crippen MR) is 106 cm³/mol. The zero-order valence-electron chi connectivity index (χ0n) is 15.9. The van der Waals surface area contributed by atoms with Crippen LogP contribution in [0.15, 0.2) is 41.4 Å². The number of carbonyl (C=O) groups excluding carboxylic acids is 1. The maximum absolute atomic E-state index is 11.7. The van der Waals surface area contributed by atoms with Crippen molar-refractivity contribution in [2.75, 3.05) is 39.3 Å². The number of anilines is 1. The molecule has 1 aliphatic rings. The molecule has 1 saturated heterocycles. The summed E-state index contributed by atoms with van der Waals surface area (Å²) in [6, 6.07) is 10.9. The average Bonchev–Trinajstić information content (AvgIpc) is 3.25. The molecule has 142 valence electrons. The lowest BCUT2D eigenvalue weighted by atomic mass is 10.1. The summed E-state index contributed by atoms with van der Waals surface area (Å²) in [7, 11) is 4.67. The molecule has 0 aromatic heterocycles. The number of methoxy groups -OCH3 is 3. The van der Waals surface area contributed by atoms with Crippen LogP contribution in [0, 0.1) is 0 Å². The van der Waals surface area contributed by atoms with Crippen LogP contribution in [0.25, 0.3) is 0 Å². The molecule has 3 rings (SSSR count). The first-order chi connectivity index (χ1) is 13.2. The van der Waals surface area contributed by atoms with E-state index in [1.54, 1.807) is 38.6 Å². The molecular weight excluding hydrogens is 344 g/mol. The van der Waals surface area contributed by atoms with Gasteiger partial charge in [0.1, 0.15) is 11.5 Å². The highest BCUT2D eigenvalue weighted by Crippen LogP contribution is 2.36. The van der Waals surface area contributed by atoms with Crippen LogP contribution in [0.5, 0.6) is 11.5 Å². The molecule has 0 radical (unpaired) electrons. The van der Waals surface area contributed by atoms with Gasteiger partial charge < -0.3 is 19.1 Å². The van der Waals surface area contributed by atoms with Crippen LogP contribution < -0.4 is 14.4 Å². The van der Waals surface area contributed by atoms with Gasteiger partial charge in [-0.1, -0.05) is 6.07 Å². The third-order valence-electron chi connectivity index (χ3n) is 4.60. The van der Waals surface area contributed by atoms with Crippen molar-refractivity contribution in [3.05, 3.63) is 47.5 Å². The van der Waals surface area contributed by atoms with Crippen LogP contribution in [0.1, 0.15) is 28.8 Å². The number of aliphatic imine (C=N–C) groups is 1. The van der Waals surface area contributed by atoms with Crippen LogP contribution in [0.4, 0.5) is 11.4 Å². The number of ether oxygens (including phenoxy) is 3. The van der Waals surface area contributed by atoms with E-state index in [1.807, 2.05) is 18.2 Å². The Morgan fingerprint density at radius 2 is 1.78 bits per heavy atom. The van der Waals surface area contributed by atoms with E-state index in [9.17, 15) is 4.79 Å². The lowest BCUT2D eigenvalue weighted by Gasteiger charge is -2.22. The summed E-state index contributed by atoms with van der Waals surface area (Å²) in [5, 5.41) is 0. The molecule has 0 amide bonds. The molecule has 0 unspecified atom stereocenters. The van der Waals surface area contributed by atoms with E-state index in [4.69, 9.17) is 14.2 Å². The van der Waals surface area contributed by atoms with Gasteiger partial charge in [0.25, 0.3) is 0 Å². The number of rotatable bonds is 6. The van der Waals surface area contributed by atoms with Gasteiger partial charge in [-0.05, 0) is 37.1 Å². The van der Waals surface area contributed by atoms with Crippen molar-refractivity contribution in [1.82, 2.24) is 0 Å². The van der Waals surface area contributed by atoms with Gasteiger partial charge >= 0.3 is 5.97 Å². The highest BCUT2D eigenvalue weighted by Gasteiger charge is 2.19. The highest BCUT2D eigenvalue weighted by atomic mass is 16.5. The van der Waals surface area contributed by atoms with Gasteiger partial charge in [-0.2, -0.15) is 0 Å². The monoisotopic (exact) mass is 368 g/mol. The lowest BCUT2D eigenvalue weighted by molar-refractivity contribution is 0.0601. The van der Waals surface area contributed by atoms with Crippen molar-refractivity contribution >= 4 is 23.6 Å². The number of benzene rings is 2. The minimum atomic E-state index is -0.388. The average molecular weight is 368 g/mol. The number of carbonyl (C=O) groups is 1. The van der Waals surface area contributed by atoms with E-state index in [0.29, 0.717) is 11.3 Å². The van der Waals surface area contributed by atoms with Crippen LogP contribution in [0.2, 0.25) is 0 Å². The van der Waals surface area contributed by atoms with Crippen molar-refractivity contribution in [2.24, 2.45) is 4.99 Å². The van der Waals surface area contributed by atoms with Gasteiger partial charge in [-0.15, -0.1) is 0 Å². The molecule has 1 fully saturated rings. The molecule has 6 heteroatoms. The van der Waals surface area contributed by atoms with Gasteiger partial charge in [0.05, 0.1) is 38.3 Å². The summed E-state index contributed by atoms with van der Waals surface area (Å²) in [6.45, 7) is 2.04. The van der Waals surface area contributed by atoms with Crippen LogP contribution in [0.3, 0.4) is 0 Å². The zero-order chi connectivity index (χ0) is 19.2. The van der Waals surface area contributed by atoms with Crippen molar-refractivity contribution in [1.29, 1.82) is 0 Å². The van der Waals surface area contributed by atoms with Gasteiger partial charge in [0.15, 0.2) is 0 Å². The predicted octanol–water partition coefficient (Wildman–Crippen LogP) is 3.84. The molecule has 27 heavy (non-hydrogen) atoms. The second-order valence-corrected chi connectivity index (χ2v) is 6.26. The number of hydrogen-bond donors (Lipinski definition) is 0. The first kappa shape index (κ1) is 18.8. The van der Waals surface area contributed by atoms with E-state index in [-0.39, 0.29) is 5.97 Å². The van der Waals surface area contributed by atoms with Crippen molar-refractivity contribution in [2.45, 2.75) is 12.8 Å². The Hall–Kier alpha value is -3.02. The van der Waals surface area contributed by atoms with E-state index in [0.717, 1.165) is 35.8 Å². The Kier molecular flexibility index (Phi) is 5.96. The SMILES string of the molecule is COC(=O)c1cccc(N=Cc2cc(OC)c(N3CCCC3)cc2OC)c1. The summed E-state index contributed by atoms with van der Waals surface area (Å²) >= 11 is 0. The third kappa shape index (κ3) is 4.22. The summed E-state index contributed by atoms with van der Waals surface area (Å²) in [6.07, 6.45) is 4.09. The Balaban J connectivity index is 1.92. The number of nitrogens with zero attached hydrogens (tertiary/aromatic N) is 2. The zero-order valence-corrected chi connectivity index (χ0v) is 15.9. The van der Waals surface area contributed by atoms with Crippen molar-refractivity contribution in [3.63, 3.8) is 0 Å². The van der Waals surface area contributed by atoms with E-state index < -0.39 is 0 Å². The molecule has 1 aliphatic heterocycles. The maximum Gasteiger partial charge on any atom is 0.337 e. The molecule has 0 aliphatic carbocycles. The third-order valence-corrected chi connectivity index (χ3v) is 4.60. The molecule has 0 N–H and O–H groups in total. The van der Waals surface area contributed by atoms with Gasteiger partial charge in [0, 0.05) is 30.9 Å². The smallest absolute Gasteiger partial charge is 0.337 e. The largest absolute Gasteiger partial charge is 0.496 e. The minimum Gasteiger partial charge on any atom is -0.496 e. The normalized spacial score (nSPS) is 13.8.